The van der Waals surface area contributed by atoms with Crippen molar-refractivity contribution in [3.8, 4) is 0 Å². The van der Waals surface area contributed by atoms with Crippen molar-refractivity contribution in [2.75, 3.05) is 0 Å². The first-order valence-electron chi connectivity index (χ1n) is 5.10. The lowest BCUT2D eigenvalue weighted by molar-refractivity contribution is 0.504. The van der Waals surface area contributed by atoms with E-state index in [0.29, 0.717) is 11.0 Å². The zero-order valence-electron chi connectivity index (χ0n) is 8.91. The van der Waals surface area contributed by atoms with Gasteiger partial charge in [0.15, 0.2) is 5.22 Å². The smallest absolute Gasteiger partial charge is 0.193 e. The number of aryl methyl sites for hydroxylation is 1. The molecule has 0 aliphatic rings. The Morgan fingerprint density at radius 3 is 2.69 bits per heavy atom. The van der Waals surface area contributed by atoms with Crippen LogP contribution in [0, 0.1) is 6.92 Å². The molecule has 0 spiro atoms. The molecule has 0 N–H and O–H groups in total. The highest BCUT2D eigenvalue weighted by Crippen LogP contribution is 2.28. The molecular formula is C13H12Cl2O. The molecule has 1 nitrogen and oxygen atoms in total. The van der Waals surface area contributed by atoms with E-state index in [2.05, 4.69) is 25.1 Å². The summed E-state index contributed by atoms with van der Waals surface area (Å²) in [6.45, 7) is 2.07. The van der Waals surface area contributed by atoms with Crippen LogP contribution >= 0.6 is 23.2 Å². The summed E-state index contributed by atoms with van der Waals surface area (Å²) in [7, 11) is 0. The van der Waals surface area contributed by atoms with Gasteiger partial charge in [-0.05, 0) is 42.6 Å². The van der Waals surface area contributed by atoms with Gasteiger partial charge in [0, 0.05) is 0 Å². The molecule has 1 aromatic carbocycles. The number of hydrogen-bond donors (Lipinski definition) is 0. The maximum absolute atomic E-state index is 6.25. The minimum Gasteiger partial charge on any atom is -0.448 e. The van der Waals surface area contributed by atoms with E-state index in [0.717, 1.165) is 6.42 Å². The molecule has 0 aliphatic carbocycles. The summed E-state index contributed by atoms with van der Waals surface area (Å²) in [5.74, 6) is 0.716. The molecule has 1 atom stereocenters. The Balaban J connectivity index is 2.10. The maximum atomic E-state index is 6.25. The van der Waals surface area contributed by atoms with Gasteiger partial charge in [-0.25, -0.2) is 0 Å². The van der Waals surface area contributed by atoms with Crippen molar-refractivity contribution in [2.24, 2.45) is 0 Å². The molecule has 0 amide bonds. The largest absolute Gasteiger partial charge is 0.448 e. The lowest BCUT2D eigenvalue weighted by Crippen LogP contribution is -1.94. The molecule has 0 fully saturated rings. The number of alkyl halides is 1. The molecule has 84 valence electrons. The number of benzene rings is 1. The molecular weight excluding hydrogens is 243 g/mol. The molecule has 0 saturated heterocycles. The fourth-order valence-electron chi connectivity index (χ4n) is 1.64. The number of rotatable bonds is 3. The molecule has 1 unspecified atom stereocenters. The third-order valence-corrected chi connectivity index (χ3v) is 2.97. The van der Waals surface area contributed by atoms with Gasteiger partial charge in [0.1, 0.15) is 5.76 Å². The Morgan fingerprint density at radius 2 is 2.06 bits per heavy atom. The number of hydrogen-bond acceptors (Lipinski definition) is 1. The van der Waals surface area contributed by atoms with Gasteiger partial charge < -0.3 is 4.42 Å². The van der Waals surface area contributed by atoms with E-state index in [4.69, 9.17) is 27.6 Å². The van der Waals surface area contributed by atoms with Crippen LogP contribution in [0.2, 0.25) is 5.22 Å². The summed E-state index contributed by atoms with van der Waals surface area (Å²) < 4.78 is 5.28. The minimum absolute atomic E-state index is 0.172. The SMILES string of the molecule is Cc1cccc(CC(Cl)c2ccc(Cl)o2)c1. The summed E-state index contributed by atoms with van der Waals surface area (Å²) >= 11 is 12.0. The molecule has 16 heavy (non-hydrogen) atoms. The van der Waals surface area contributed by atoms with Crippen LogP contribution in [0.1, 0.15) is 22.3 Å². The van der Waals surface area contributed by atoms with Gasteiger partial charge in [-0.2, -0.15) is 0 Å². The van der Waals surface area contributed by atoms with Crippen LogP contribution in [0.5, 0.6) is 0 Å². The summed E-state index contributed by atoms with van der Waals surface area (Å²) in [6, 6.07) is 11.8. The van der Waals surface area contributed by atoms with Crippen LogP contribution < -0.4 is 0 Å². The van der Waals surface area contributed by atoms with Gasteiger partial charge in [0.05, 0.1) is 5.38 Å². The predicted molar refractivity (Wildman–Crippen MR) is 67.2 cm³/mol. The monoisotopic (exact) mass is 254 g/mol. The van der Waals surface area contributed by atoms with Crippen LogP contribution in [0.3, 0.4) is 0 Å². The number of furan rings is 1. The average molecular weight is 255 g/mol. The fourth-order valence-corrected chi connectivity index (χ4v) is 2.09. The van der Waals surface area contributed by atoms with E-state index in [-0.39, 0.29) is 5.38 Å². The Labute approximate surface area is 105 Å². The number of halogens is 2. The highest BCUT2D eigenvalue weighted by Gasteiger charge is 2.13. The van der Waals surface area contributed by atoms with Crippen LogP contribution in [0.4, 0.5) is 0 Å². The molecule has 2 rings (SSSR count). The van der Waals surface area contributed by atoms with Crippen molar-refractivity contribution < 1.29 is 4.42 Å². The Bertz CT molecular complexity index is 476. The first-order chi connectivity index (χ1) is 7.65. The van der Waals surface area contributed by atoms with Crippen LogP contribution in [0.25, 0.3) is 0 Å². The molecule has 3 heteroatoms. The van der Waals surface area contributed by atoms with Crippen LogP contribution in [0.15, 0.2) is 40.8 Å². The zero-order valence-corrected chi connectivity index (χ0v) is 10.4. The topological polar surface area (TPSA) is 13.1 Å². The van der Waals surface area contributed by atoms with Gasteiger partial charge in [0.25, 0.3) is 0 Å². The second-order valence-corrected chi connectivity index (χ2v) is 4.70. The molecule has 1 aromatic heterocycles. The molecule has 0 radical (unpaired) electrons. The maximum Gasteiger partial charge on any atom is 0.193 e. The van der Waals surface area contributed by atoms with Gasteiger partial charge in [0.2, 0.25) is 0 Å². The van der Waals surface area contributed by atoms with Crippen molar-refractivity contribution in [2.45, 2.75) is 18.7 Å². The first kappa shape index (κ1) is 11.6. The Kier molecular flexibility index (Phi) is 3.57. The standard InChI is InChI=1S/C13H12Cl2O/c1-9-3-2-4-10(7-9)8-11(14)12-5-6-13(15)16-12/h2-7,11H,8H2,1H3. The molecule has 2 aromatic rings. The van der Waals surface area contributed by atoms with Gasteiger partial charge in [-0.1, -0.05) is 29.8 Å². The van der Waals surface area contributed by atoms with E-state index in [9.17, 15) is 0 Å². The summed E-state index contributed by atoms with van der Waals surface area (Å²) in [4.78, 5) is 0. The first-order valence-corrected chi connectivity index (χ1v) is 5.91. The lowest BCUT2D eigenvalue weighted by Gasteiger charge is -2.07. The Hall–Kier alpha value is -0.920. The van der Waals surface area contributed by atoms with E-state index >= 15 is 0 Å². The summed E-state index contributed by atoms with van der Waals surface area (Å²) in [6.07, 6.45) is 0.743. The lowest BCUT2D eigenvalue weighted by atomic mass is 10.1. The second kappa shape index (κ2) is 4.94. The Morgan fingerprint density at radius 1 is 1.25 bits per heavy atom. The van der Waals surface area contributed by atoms with E-state index in [1.165, 1.54) is 11.1 Å². The van der Waals surface area contributed by atoms with Crippen LogP contribution in [-0.2, 0) is 6.42 Å². The van der Waals surface area contributed by atoms with E-state index < -0.39 is 0 Å². The van der Waals surface area contributed by atoms with Gasteiger partial charge in [-0.3, -0.25) is 0 Å². The quantitative estimate of drug-likeness (QED) is 0.720. The highest BCUT2D eigenvalue weighted by molar-refractivity contribution is 6.29. The highest BCUT2D eigenvalue weighted by atomic mass is 35.5. The zero-order chi connectivity index (χ0) is 11.5. The molecule has 0 bridgehead atoms. The summed E-state index contributed by atoms with van der Waals surface area (Å²) in [5, 5.41) is 0.208. The van der Waals surface area contributed by atoms with Gasteiger partial charge in [-0.15, -0.1) is 11.6 Å². The minimum atomic E-state index is -0.172. The third kappa shape index (κ3) is 2.81. The van der Waals surface area contributed by atoms with Crippen molar-refractivity contribution >= 4 is 23.2 Å². The third-order valence-electron chi connectivity index (χ3n) is 2.40. The van der Waals surface area contributed by atoms with Crippen molar-refractivity contribution in [3.05, 3.63) is 58.5 Å². The van der Waals surface area contributed by atoms with Crippen molar-refractivity contribution in [1.82, 2.24) is 0 Å². The summed E-state index contributed by atoms with van der Waals surface area (Å²) in [5.41, 5.74) is 2.44. The average Bonchev–Trinajstić information content (AvgIpc) is 2.65. The molecule has 1 heterocycles. The fraction of sp³-hybridized carbons (Fsp3) is 0.231. The van der Waals surface area contributed by atoms with Crippen LogP contribution in [-0.4, -0.2) is 0 Å². The second-order valence-electron chi connectivity index (χ2n) is 3.80. The van der Waals surface area contributed by atoms with E-state index in [1.54, 1.807) is 6.07 Å². The normalized spacial score (nSPS) is 12.7. The molecule has 0 aliphatic heterocycles. The molecule has 0 saturated carbocycles. The van der Waals surface area contributed by atoms with E-state index in [1.807, 2.05) is 12.1 Å². The van der Waals surface area contributed by atoms with Crippen molar-refractivity contribution in [3.63, 3.8) is 0 Å². The predicted octanol–water partition coefficient (Wildman–Crippen LogP) is 4.76. The van der Waals surface area contributed by atoms with Crippen molar-refractivity contribution in [1.29, 1.82) is 0 Å². The van der Waals surface area contributed by atoms with Gasteiger partial charge >= 0.3 is 0 Å².